The normalized spacial score (nSPS) is 16.9. The van der Waals surface area contributed by atoms with Crippen LogP contribution in [0.25, 0.3) is 0 Å². The number of benzene rings is 2. The highest BCUT2D eigenvalue weighted by Crippen LogP contribution is 2.27. The van der Waals surface area contributed by atoms with E-state index in [9.17, 15) is 4.79 Å². The van der Waals surface area contributed by atoms with Crippen molar-refractivity contribution in [3.05, 3.63) is 64.7 Å². The third-order valence-corrected chi connectivity index (χ3v) is 5.89. The molecule has 1 amide bonds. The van der Waals surface area contributed by atoms with E-state index in [-0.39, 0.29) is 24.4 Å². The maximum atomic E-state index is 12.7. The Kier molecular flexibility index (Phi) is 7.56. The first-order valence-corrected chi connectivity index (χ1v) is 9.85. The molecule has 3 rings (SSSR count). The Morgan fingerprint density at radius 3 is 2.81 bits per heavy atom. The molecule has 2 aromatic carbocycles. The van der Waals surface area contributed by atoms with Crippen molar-refractivity contribution in [2.45, 2.75) is 43.4 Å². The van der Waals surface area contributed by atoms with Gasteiger partial charge in [-0.15, -0.1) is 24.2 Å². The summed E-state index contributed by atoms with van der Waals surface area (Å²) in [4.78, 5) is 15.9. The fraction of sp³-hybridized carbons (Fsp3) is 0.381. The molecule has 0 saturated carbocycles. The zero-order valence-electron chi connectivity index (χ0n) is 15.4. The van der Waals surface area contributed by atoms with Gasteiger partial charge in [0.05, 0.1) is 0 Å². The van der Waals surface area contributed by atoms with Gasteiger partial charge in [0.25, 0.3) is 5.91 Å². The zero-order valence-corrected chi connectivity index (χ0v) is 17.0. The Labute approximate surface area is 166 Å². The van der Waals surface area contributed by atoms with Crippen LogP contribution < -0.4 is 5.73 Å². The lowest BCUT2D eigenvalue weighted by molar-refractivity contribution is 0.0708. The molecule has 1 aliphatic heterocycles. The monoisotopic (exact) mass is 390 g/mol. The van der Waals surface area contributed by atoms with E-state index in [4.69, 9.17) is 5.73 Å². The molecular formula is C21H27ClN2OS. The standard InChI is InChI=1S/C21H26N2OS.ClH/c1-15-8-9-16(2)20(11-15)25-14-17-5-3-6-18(12-17)21(24)23-10-4-7-19(22)13-23;/h3,5-6,8-9,11-12,19H,4,7,10,13-14,22H2,1-2H3;1H. The molecule has 1 unspecified atom stereocenters. The van der Waals surface area contributed by atoms with Crippen molar-refractivity contribution < 1.29 is 4.79 Å². The Morgan fingerprint density at radius 1 is 1.23 bits per heavy atom. The summed E-state index contributed by atoms with van der Waals surface area (Å²) in [6, 6.07) is 14.7. The molecule has 1 fully saturated rings. The van der Waals surface area contributed by atoms with Gasteiger partial charge >= 0.3 is 0 Å². The molecule has 5 heteroatoms. The number of hydrogen-bond acceptors (Lipinski definition) is 3. The van der Waals surface area contributed by atoms with E-state index in [1.807, 2.05) is 34.9 Å². The quantitative estimate of drug-likeness (QED) is 0.777. The van der Waals surface area contributed by atoms with Crippen molar-refractivity contribution in [1.29, 1.82) is 0 Å². The molecule has 1 aliphatic rings. The van der Waals surface area contributed by atoms with Crippen LogP contribution in [0.3, 0.4) is 0 Å². The van der Waals surface area contributed by atoms with Gasteiger partial charge in [0.15, 0.2) is 0 Å². The fourth-order valence-corrected chi connectivity index (χ4v) is 4.26. The molecule has 1 atom stereocenters. The van der Waals surface area contributed by atoms with Gasteiger partial charge in [0.2, 0.25) is 0 Å². The molecule has 1 saturated heterocycles. The van der Waals surface area contributed by atoms with Gasteiger partial charge in [-0.05, 0) is 56.0 Å². The number of nitrogens with zero attached hydrogens (tertiary/aromatic N) is 1. The number of carbonyl (C=O) groups excluding carboxylic acids is 1. The number of nitrogens with two attached hydrogens (primary N) is 1. The highest BCUT2D eigenvalue weighted by molar-refractivity contribution is 7.98. The first-order valence-electron chi connectivity index (χ1n) is 8.87. The summed E-state index contributed by atoms with van der Waals surface area (Å²) in [6.07, 6.45) is 2.01. The molecule has 0 aliphatic carbocycles. The number of hydrogen-bond donors (Lipinski definition) is 1. The third-order valence-electron chi connectivity index (χ3n) is 4.66. The number of piperidine rings is 1. The van der Waals surface area contributed by atoms with E-state index < -0.39 is 0 Å². The van der Waals surface area contributed by atoms with Crippen molar-refractivity contribution in [2.24, 2.45) is 5.73 Å². The topological polar surface area (TPSA) is 46.3 Å². The van der Waals surface area contributed by atoms with E-state index in [0.717, 1.165) is 30.7 Å². The molecule has 1 heterocycles. The highest BCUT2D eigenvalue weighted by atomic mass is 35.5. The third kappa shape index (κ3) is 5.26. The summed E-state index contributed by atoms with van der Waals surface area (Å²) >= 11 is 1.83. The lowest BCUT2D eigenvalue weighted by atomic mass is 10.0. The van der Waals surface area contributed by atoms with Gasteiger partial charge in [-0.1, -0.05) is 29.8 Å². The average molecular weight is 391 g/mol. The summed E-state index contributed by atoms with van der Waals surface area (Å²) in [5.41, 5.74) is 10.5. The molecule has 2 N–H and O–H groups in total. The largest absolute Gasteiger partial charge is 0.337 e. The van der Waals surface area contributed by atoms with E-state index in [1.54, 1.807) is 0 Å². The minimum atomic E-state index is 0. The van der Waals surface area contributed by atoms with Gasteiger partial charge in [-0.2, -0.15) is 0 Å². The SMILES string of the molecule is Cc1ccc(C)c(SCc2cccc(C(=O)N3CCCC(N)C3)c2)c1.Cl. The van der Waals surface area contributed by atoms with E-state index in [2.05, 4.69) is 38.1 Å². The van der Waals surface area contributed by atoms with Crippen molar-refractivity contribution >= 4 is 30.1 Å². The Balaban J connectivity index is 0.00000243. The molecule has 0 spiro atoms. The minimum Gasteiger partial charge on any atom is -0.337 e. The van der Waals surface area contributed by atoms with Gasteiger partial charge in [0, 0.05) is 35.3 Å². The van der Waals surface area contributed by atoms with Gasteiger partial charge in [0.1, 0.15) is 0 Å². The molecule has 26 heavy (non-hydrogen) atoms. The lowest BCUT2D eigenvalue weighted by Crippen LogP contribution is -2.45. The lowest BCUT2D eigenvalue weighted by Gasteiger charge is -2.30. The number of rotatable bonds is 4. The minimum absolute atomic E-state index is 0. The van der Waals surface area contributed by atoms with Crippen LogP contribution in [0.1, 0.15) is 39.9 Å². The zero-order chi connectivity index (χ0) is 17.8. The van der Waals surface area contributed by atoms with Gasteiger partial charge < -0.3 is 10.6 Å². The van der Waals surface area contributed by atoms with Crippen LogP contribution in [0.4, 0.5) is 0 Å². The van der Waals surface area contributed by atoms with Crippen LogP contribution in [0.15, 0.2) is 47.4 Å². The van der Waals surface area contributed by atoms with Crippen LogP contribution in [-0.4, -0.2) is 29.9 Å². The van der Waals surface area contributed by atoms with Gasteiger partial charge in [-0.3, -0.25) is 4.79 Å². The molecule has 2 aromatic rings. The van der Waals surface area contributed by atoms with Crippen LogP contribution in [0, 0.1) is 13.8 Å². The van der Waals surface area contributed by atoms with Crippen molar-refractivity contribution in [2.75, 3.05) is 13.1 Å². The predicted molar refractivity (Wildman–Crippen MR) is 112 cm³/mol. The molecule has 0 radical (unpaired) electrons. The predicted octanol–water partition coefficient (Wildman–Crippen LogP) is 4.58. The Hall–Kier alpha value is -1.49. The van der Waals surface area contributed by atoms with E-state index >= 15 is 0 Å². The number of carbonyl (C=O) groups is 1. The molecule has 140 valence electrons. The van der Waals surface area contributed by atoms with Crippen LogP contribution >= 0.6 is 24.2 Å². The van der Waals surface area contributed by atoms with Crippen LogP contribution in [0.2, 0.25) is 0 Å². The van der Waals surface area contributed by atoms with E-state index in [0.29, 0.717) is 6.54 Å². The molecular weight excluding hydrogens is 364 g/mol. The maximum absolute atomic E-state index is 12.7. The highest BCUT2D eigenvalue weighted by Gasteiger charge is 2.22. The summed E-state index contributed by atoms with van der Waals surface area (Å²) in [5.74, 6) is 0.971. The number of likely N-dealkylation sites (tertiary alicyclic amines) is 1. The second kappa shape index (κ2) is 9.45. The first kappa shape index (κ1) is 20.8. The van der Waals surface area contributed by atoms with Crippen molar-refractivity contribution in [3.63, 3.8) is 0 Å². The Bertz CT molecular complexity index is 765. The number of amides is 1. The number of aryl methyl sites for hydroxylation is 2. The Morgan fingerprint density at radius 2 is 2.04 bits per heavy atom. The smallest absolute Gasteiger partial charge is 0.253 e. The molecule has 0 aromatic heterocycles. The first-order chi connectivity index (χ1) is 12.0. The number of halogens is 1. The molecule has 0 bridgehead atoms. The average Bonchev–Trinajstić information content (AvgIpc) is 2.62. The second-order valence-electron chi connectivity index (χ2n) is 6.91. The number of thioether (sulfide) groups is 1. The second-order valence-corrected chi connectivity index (χ2v) is 7.93. The fourth-order valence-electron chi connectivity index (χ4n) is 3.20. The summed E-state index contributed by atoms with van der Waals surface area (Å²) in [5, 5.41) is 0. The van der Waals surface area contributed by atoms with Crippen molar-refractivity contribution in [1.82, 2.24) is 4.90 Å². The van der Waals surface area contributed by atoms with E-state index in [1.165, 1.54) is 21.6 Å². The summed E-state index contributed by atoms with van der Waals surface area (Å²) in [7, 11) is 0. The van der Waals surface area contributed by atoms with Crippen LogP contribution in [-0.2, 0) is 5.75 Å². The molecule has 3 nitrogen and oxygen atoms in total. The van der Waals surface area contributed by atoms with Crippen LogP contribution in [0.5, 0.6) is 0 Å². The maximum Gasteiger partial charge on any atom is 0.253 e. The van der Waals surface area contributed by atoms with Crippen molar-refractivity contribution in [3.8, 4) is 0 Å². The van der Waals surface area contributed by atoms with Gasteiger partial charge in [-0.25, -0.2) is 0 Å². The summed E-state index contributed by atoms with van der Waals surface area (Å²) < 4.78 is 0. The summed E-state index contributed by atoms with van der Waals surface area (Å²) in [6.45, 7) is 5.74.